The molecule has 0 aromatic heterocycles. The summed E-state index contributed by atoms with van der Waals surface area (Å²) in [6.07, 6.45) is 3.71. The fourth-order valence-electron chi connectivity index (χ4n) is 2.72. The maximum Gasteiger partial charge on any atom is 0.238 e. The van der Waals surface area contributed by atoms with Gasteiger partial charge in [-0.2, -0.15) is 0 Å². The van der Waals surface area contributed by atoms with E-state index in [-0.39, 0.29) is 18.1 Å². The van der Waals surface area contributed by atoms with Crippen LogP contribution < -0.4 is 5.32 Å². The highest BCUT2D eigenvalue weighted by Crippen LogP contribution is 2.22. The molecular weight excluding hydrogens is 367 g/mol. The zero-order chi connectivity index (χ0) is 14.5. The molecule has 0 spiro atoms. The molecule has 20 heavy (non-hydrogen) atoms. The van der Waals surface area contributed by atoms with E-state index in [4.69, 9.17) is 0 Å². The molecule has 2 rings (SSSR count). The van der Waals surface area contributed by atoms with Crippen LogP contribution in [-0.2, 0) is 4.79 Å². The Bertz CT molecular complexity index is 467. The molecule has 1 aliphatic carbocycles. The summed E-state index contributed by atoms with van der Waals surface area (Å²) in [6, 6.07) is 7.83. The fourth-order valence-corrected chi connectivity index (χ4v) is 3.26. The molecule has 2 N–H and O–H groups in total. The van der Waals surface area contributed by atoms with E-state index < -0.39 is 0 Å². The minimum Gasteiger partial charge on any atom is -0.391 e. The van der Waals surface area contributed by atoms with Crippen molar-refractivity contribution in [3.8, 4) is 0 Å². The van der Waals surface area contributed by atoms with Gasteiger partial charge in [0, 0.05) is 15.3 Å². The van der Waals surface area contributed by atoms with E-state index in [0.29, 0.717) is 6.54 Å². The number of benzene rings is 1. The Morgan fingerprint density at radius 1 is 1.45 bits per heavy atom. The molecule has 5 heteroatoms. The molecule has 0 heterocycles. The molecular formula is C15H21IN2O2. The van der Waals surface area contributed by atoms with E-state index in [1.54, 1.807) is 0 Å². The van der Waals surface area contributed by atoms with Crippen molar-refractivity contribution in [1.29, 1.82) is 0 Å². The summed E-state index contributed by atoms with van der Waals surface area (Å²) >= 11 is 2.22. The molecule has 1 aromatic carbocycles. The van der Waals surface area contributed by atoms with Gasteiger partial charge in [-0.05, 0) is 60.7 Å². The van der Waals surface area contributed by atoms with E-state index in [2.05, 4.69) is 27.9 Å². The maximum atomic E-state index is 12.0. The van der Waals surface area contributed by atoms with Gasteiger partial charge in [0.05, 0.1) is 12.6 Å². The number of carbonyl (C=O) groups is 1. The van der Waals surface area contributed by atoms with Gasteiger partial charge in [0.25, 0.3) is 0 Å². The van der Waals surface area contributed by atoms with Crippen LogP contribution in [0.1, 0.15) is 25.7 Å². The normalized spacial score (nSPS) is 22.8. The standard InChI is InChI=1S/C15H21IN2O2/c1-18(13-7-2-3-8-14(13)19)10-15(20)17-12-6-4-5-11(16)9-12/h4-6,9,13-14,19H,2-3,7-8,10H2,1H3,(H,17,20). The van der Waals surface area contributed by atoms with Gasteiger partial charge in [-0.15, -0.1) is 0 Å². The molecule has 0 radical (unpaired) electrons. The van der Waals surface area contributed by atoms with Crippen molar-refractivity contribution in [2.75, 3.05) is 18.9 Å². The summed E-state index contributed by atoms with van der Waals surface area (Å²) in [6.45, 7) is 0.313. The molecule has 0 aliphatic heterocycles. The Kier molecular flexibility index (Phi) is 5.80. The van der Waals surface area contributed by atoms with E-state index >= 15 is 0 Å². The highest BCUT2D eigenvalue weighted by atomic mass is 127. The molecule has 1 saturated carbocycles. The molecule has 4 nitrogen and oxygen atoms in total. The highest BCUT2D eigenvalue weighted by Gasteiger charge is 2.27. The number of aliphatic hydroxyl groups is 1. The first kappa shape index (κ1) is 15.7. The number of nitrogens with zero attached hydrogens (tertiary/aromatic N) is 1. The molecule has 1 fully saturated rings. The SMILES string of the molecule is CN(CC(=O)Nc1cccc(I)c1)C1CCCCC1O. The summed E-state index contributed by atoms with van der Waals surface area (Å²) < 4.78 is 1.09. The average Bonchev–Trinajstić information content (AvgIpc) is 2.38. The Labute approximate surface area is 133 Å². The molecule has 2 unspecified atom stereocenters. The number of hydrogen-bond donors (Lipinski definition) is 2. The Morgan fingerprint density at radius 2 is 2.20 bits per heavy atom. The minimum atomic E-state index is -0.306. The third kappa shape index (κ3) is 4.43. The lowest BCUT2D eigenvalue weighted by molar-refractivity contribution is -0.118. The first-order valence-corrected chi connectivity index (χ1v) is 8.08. The monoisotopic (exact) mass is 388 g/mol. The number of aliphatic hydroxyl groups excluding tert-OH is 1. The van der Waals surface area contributed by atoms with Crippen molar-refractivity contribution in [3.63, 3.8) is 0 Å². The molecule has 0 bridgehead atoms. The van der Waals surface area contributed by atoms with Crippen molar-refractivity contribution >= 4 is 34.2 Å². The van der Waals surface area contributed by atoms with Gasteiger partial charge in [0.15, 0.2) is 0 Å². The van der Waals surface area contributed by atoms with Crippen LogP contribution in [0.2, 0.25) is 0 Å². The van der Waals surface area contributed by atoms with E-state index in [1.165, 1.54) is 0 Å². The second-order valence-corrected chi connectivity index (χ2v) is 6.64. The molecule has 1 aliphatic rings. The van der Waals surface area contributed by atoms with Crippen molar-refractivity contribution in [2.45, 2.75) is 37.8 Å². The topological polar surface area (TPSA) is 52.6 Å². The maximum absolute atomic E-state index is 12.0. The fraction of sp³-hybridized carbons (Fsp3) is 0.533. The van der Waals surface area contributed by atoms with Crippen LogP contribution in [0.4, 0.5) is 5.69 Å². The lowest BCUT2D eigenvalue weighted by Gasteiger charge is -2.34. The van der Waals surface area contributed by atoms with Crippen molar-refractivity contribution in [2.24, 2.45) is 0 Å². The van der Waals surface area contributed by atoms with Gasteiger partial charge in [0.2, 0.25) is 5.91 Å². The molecule has 1 aromatic rings. The average molecular weight is 388 g/mol. The number of carbonyl (C=O) groups excluding carboxylic acids is 1. The number of nitrogens with one attached hydrogen (secondary N) is 1. The van der Waals surface area contributed by atoms with Crippen molar-refractivity contribution in [1.82, 2.24) is 4.90 Å². The van der Waals surface area contributed by atoms with E-state index in [9.17, 15) is 9.90 Å². The van der Waals surface area contributed by atoms with Crippen LogP contribution in [0.25, 0.3) is 0 Å². The second kappa shape index (κ2) is 7.38. The number of halogens is 1. The van der Waals surface area contributed by atoms with Crippen LogP contribution in [0.5, 0.6) is 0 Å². The van der Waals surface area contributed by atoms with Crippen molar-refractivity contribution < 1.29 is 9.90 Å². The van der Waals surface area contributed by atoms with E-state index in [0.717, 1.165) is 34.9 Å². The summed E-state index contributed by atoms with van der Waals surface area (Å²) in [5.41, 5.74) is 0.819. The van der Waals surface area contributed by atoms with Crippen LogP contribution >= 0.6 is 22.6 Å². The van der Waals surface area contributed by atoms with Gasteiger partial charge in [-0.25, -0.2) is 0 Å². The minimum absolute atomic E-state index is 0.0349. The van der Waals surface area contributed by atoms with Gasteiger partial charge < -0.3 is 10.4 Å². The van der Waals surface area contributed by atoms with Gasteiger partial charge >= 0.3 is 0 Å². The second-order valence-electron chi connectivity index (χ2n) is 5.39. The number of likely N-dealkylation sites (N-methyl/N-ethyl adjacent to an activating group) is 1. The van der Waals surface area contributed by atoms with Crippen LogP contribution in [-0.4, -0.2) is 41.7 Å². The predicted molar refractivity (Wildman–Crippen MR) is 88.7 cm³/mol. The first-order valence-electron chi connectivity index (χ1n) is 7.00. The third-order valence-corrected chi connectivity index (χ3v) is 4.43. The predicted octanol–water partition coefficient (Wildman–Crippen LogP) is 2.47. The van der Waals surface area contributed by atoms with Gasteiger partial charge in [-0.3, -0.25) is 9.69 Å². The summed E-state index contributed by atoms with van der Waals surface area (Å²) in [4.78, 5) is 14.0. The quantitative estimate of drug-likeness (QED) is 0.780. The zero-order valence-corrected chi connectivity index (χ0v) is 13.8. The summed E-state index contributed by atoms with van der Waals surface area (Å²) in [5.74, 6) is -0.0349. The largest absolute Gasteiger partial charge is 0.391 e. The highest BCUT2D eigenvalue weighted by molar-refractivity contribution is 14.1. The number of hydrogen-bond acceptors (Lipinski definition) is 3. The Balaban J connectivity index is 1.87. The smallest absolute Gasteiger partial charge is 0.238 e. The number of rotatable bonds is 4. The number of anilines is 1. The molecule has 0 saturated heterocycles. The van der Waals surface area contributed by atoms with Crippen LogP contribution in [0.15, 0.2) is 24.3 Å². The van der Waals surface area contributed by atoms with Gasteiger partial charge in [-0.1, -0.05) is 18.9 Å². The lowest BCUT2D eigenvalue weighted by Crippen LogP contribution is -2.46. The Hall–Kier alpha value is -0.660. The summed E-state index contributed by atoms with van der Waals surface area (Å²) in [7, 11) is 1.91. The lowest BCUT2D eigenvalue weighted by atomic mass is 9.91. The molecule has 1 amide bonds. The van der Waals surface area contributed by atoms with Crippen molar-refractivity contribution in [3.05, 3.63) is 27.8 Å². The molecule has 110 valence electrons. The first-order chi connectivity index (χ1) is 9.56. The number of amides is 1. The summed E-state index contributed by atoms with van der Waals surface area (Å²) in [5, 5.41) is 12.9. The van der Waals surface area contributed by atoms with Crippen LogP contribution in [0.3, 0.4) is 0 Å². The molecule has 2 atom stereocenters. The Morgan fingerprint density at radius 3 is 2.90 bits per heavy atom. The van der Waals surface area contributed by atoms with Gasteiger partial charge in [0.1, 0.15) is 0 Å². The van der Waals surface area contributed by atoms with Crippen LogP contribution in [0, 0.1) is 3.57 Å². The third-order valence-electron chi connectivity index (χ3n) is 3.76. The van der Waals surface area contributed by atoms with E-state index in [1.807, 2.05) is 36.2 Å². The zero-order valence-electron chi connectivity index (χ0n) is 11.7.